The summed E-state index contributed by atoms with van der Waals surface area (Å²) in [6.45, 7) is 4.49. The number of aliphatic carboxylic acids is 1. The van der Waals surface area contributed by atoms with E-state index >= 15 is 0 Å². The maximum Gasteiger partial charge on any atom is 0.309 e. The number of rotatable bonds is 9. The predicted molar refractivity (Wildman–Crippen MR) is 128 cm³/mol. The molecular weight excluding hydrogens is 418 g/mol. The van der Waals surface area contributed by atoms with Crippen LogP contribution in [0.5, 0.6) is 11.5 Å². The molecule has 0 radical (unpaired) electrons. The molecule has 0 saturated heterocycles. The number of nitrogens with zero attached hydrogens (tertiary/aromatic N) is 2. The van der Waals surface area contributed by atoms with Crippen LogP contribution in [0.4, 0.5) is 5.82 Å². The van der Waals surface area contributed by atoms with E-state index in [-0.39, 0.29) is 12.5 Å². The summed E-state index contributed by atoms with van der Waals surface area (Å²) < 4.78 is 12.0. The number of imidazole rings is 1. The number of H-pyrrole nitrogens is 1. The van der Waals surface area contributed by atoms with Crippen LogP contribution in [0.2, 0.25) is 0 Å². The number of ether oxygens (including phenoxy) is 2. The summed E-state index contributed by atoms with van der Waals surface area (Å²) in [5, 5.41) is 9.11. The van der Waals surface area contributed by atoms with Crippen molar-refractivity contribution in [3.63, 3.8) is 0 Å². The van der Waals surface area contributed by atoms with Crippen LogP contribution in [0, 0.1) is 0 Å². The van der Waals surface area contributed by atoms with Crippen LogP contribution in [-0.4, -0.2) is 39.5 Å². The van der Waals surface area contributed by atoms with Crippen molar-refractivity contribution in [3.05, 3.63) is 71.9 Å². The van der Waals surface area contributed by atoms with Crippen molar-refractivity contribution >= 4 is 17.5 Å². The van der Waals surface area contributed by atoms with Gasteiger partial charge in [0.05, 0.1) is 36.1 Å². The van der Waals surface area contributed by atoms with E-state index in [0.29, 0.717) is 36.1 Å². The van der Waals surface area contributed by atoms with Gasteiger partial charge >= 0.3 is 5.97 Å². The number of aromatic amines is 1. The summed E-state index contributed by atoms with van der Waals surface area (Å²) in [6.07, 6.45) is 4.86. The molecule has 0 fully saturated rings. The molecule has 0 atom stereocenters. The van der Waals surface area contributed by atoms with Gasteiger partial charge in [-0.1, -0.05) is 36.4 Å². The second kappa shape index (κ2) is 10.2. The number of hydrogen-bond acceptors (Lipinski definition) is 5. The number of carbonyl (C=O) groups is 1. The first kappa shape index (κ1) is 22.3. The minimum absolute atomic E-state index is 0.00971. The van der Waals surface area contributed by atoms with Gasteiger partial charge in [-0.25, -0.2) is 9.98 Å². The summed E-state index contributed by atoms with van der Waals surface area (Å²) in [6, 6.07) is 15.9. The molecule has 0 amide bonds. The van der Waals surface area contributed by atoms with E-state index in [9.17, 15) is 4.79 Å². The molecule has 3 aromatic rings. The number of nitrogens with one attached hydrogen (secondary N) is 1. The molecule has 7 nitrogen and oxygen atoms in total. The number of carboxylic acids is 1. The summed E-state index contributed by atoms with van der Waals surface area (Å²) in [5.74, 6) is 1.59. The minimum Gasteiger partial charge on any atom is -0.493 e. The fourth-order valence-electron chi connectivity index (χ4n) is 3.57. The Kier molecular flexibility index (Phi) is 6.88. The monoisotopic (exact) mass is 445 g/mol. The zero-order chi connectivity index (χ0) is 23.2. The van der Waals surface area contributed by atoms with Crippen LogP contribution >= 0.6 is 0 Å². The molecule has 0 unspecified atom stereocenters. The average Bonchev–Trinajstić information content (AvgIpc) is 3.07. The fourth-order valence-corrected chi connectivity index (χ4v) is 3.57. The largest absolute Gasteiger partial charge is 0.493 e. The highest BCUT2D eigenvalue weighted by Gasteiger charge is 2.18. The standard InChI is InChI=1S/C26H27N3O4/c1-17(2)33-23-12-11-20(32-14-13-18-7-4-3-5-8-18)16-21(23)25-28-22-10-6-9-19(15-24(30)31)27-26(22)29-25/h3-9,11-12,16-17H,10,13-15H2,1-2H3,(H,28,29)(H,30,31). The highest BCUT2D eigenvalue weighted by atomic mass is 16.5. The molecular formula is C26H27N3O4. The summed E-state index contributed by atoms with van der Waals surface area (Å²) in [4.78, 5) is 23.6. The third kappa shape index (κ3) is 5.88. The molecule has 4 rings (SSSR count). The summed E-state index contributed by atoms with van der Waals surface area (Å²) in [7, 11) is 0. The Balaban J connectivity index is 1.60. The number of aliphatic imine (C=N–C) groups is 1. The van der Waals surface area contributed by atoms with Gasteiger partial charge in [0.1, 0.15) is 17.3 Å². The molecule has 0 saturated carbocycles. The molecule has 1 aliphatic heterocycles. The number of carboxylic acid groups (broad SMARTS) is 1. The van der Waals surface area contributed by atoms with Gasteiger partial charge in [0, 0.05) is 12.8 Å². The second-order valence-corrected chi connectivity index (χ2v) is 8.08. The predicted octanol–water partition coefficient (Wildman–Crippen LogP) is 5.14. The number of allylic oxidation sites excluding steroid dienone is 2. The molecule has 7 heteroatoms. The Morgan fingerprint density at radius 1 is 1.18 bits per heavy atom. The third-order valence-corrected chi connectivity index (χ3v) is 5.04. The lowest BCUT2D eigenvalue weighted by Crippen LogP contribution is -2.07. The van der Waals surface area contributed by atoms with Gasteiger partial charge in [0.2, 0.25) is 0 Å². The molecule has 33 heavy (non-hydrogen) atoms. The maximum absolute atomic E-state index is 11.1. The van der Waals surface area contributed by atoms with Crippen LogP contribution in [0.25, 0.3) is 11.4 Å². The number of fused-ring (bicyclic) bond motifs is 1. The molecule has 0 aliphatic carbocycles. The normalized spacial score (nSPS) is 12.8. The van der Waals surface area contributed by atoms with Crippen molar-refractivity contribution in [2.24, 2.45) is 4.99 Å². The van der Waals surface area contributed by atoms with E-state index < -0.39 is 5.97 Å². The van der Waals surface area contributed by atoms with E-state index in [1.165, 1.54) is 5.56 Å². The molecule has 0 bridgehead atoms. The van der Waals surface area contributed by atoms with Crippen LogP contribution < -0.4 is 9.47 Å². The maximum atomic E-state index is 11.1. The second-order valence-electron chi connectivity index (χ2n) is 8.08. The summed E-state index contributed by atoms with van der Waals surface area (Å²) in [5.41, 5.74) is 3.28. The zero-order valence-corrected chi connectivity index (χ0v) is 18.7. The summed E-state index contributed by atoms with van der Waals surface area (Å²) >= 11 is 0. The van der Waals surface area contributed by atoms with Gasteiger partial charge in [0.15, 0.2) is 5.82 Å². The highest BCUT2D eigenvalue weighted by molar-refractivity contribution is 6.06. The molecule has 2 heterocycles. The smallest absolute Gasteiger partial charge is 0.309 e. The fraction of sp³-hybridized carbons (Fsp3) is 0.269. The third-order valence-electron chi connectivity index (χ3n) is 5.04. The van der Waals surface area contributed by atoms with Crippen molar-refractivity contribution in [3.8, 4) is 22.9 Å². The Labute approximate surface area is 192 Å². The van der Waals surface area contributed by atoms with Crippen molar-refractivity contribution in [2.45, 2.75) is 39.2 Å². The van der Waals surface area contributed by atoms with Crippen LogP contribution in [0.3, 0.4) is 0 Å². The van der Waals surface area contributed by atoms with Gasteiger partial charge in [-0.15, -0.1) is 0 Å². The van der Waals surface area contributed by atoms with Crippen molar-refractivity contribution in [2.75, 3.05) is 6.61 Å². The van der Waals surface area contributed by atoms with Gasteiger partial charge in [0.25, 0.3) is 0 Å². The number of hydrogen-bond donors (Lipinski definition) is 2. The minimum atomic E-state index is -0.925. The van der Waals surface area contributed by atoms with E-state index in [4.69, 9.17) is 14.6 Å². The lowest BCUT2D eigenvalue weighted by atomic mass is 10.1. The van der Waals surface area contributed by atoms with Crippen LogP contribution in [0.15, 0.2) is 65.7 Å². The lowest BCUT2D eigenvalue weighted by molar-refractivity contribution is -0.135. The van der Waals surface area contributed by atoms with Crippen molar-refractivity contribution in [1.29, 1.82) is 0 Å². The van der Waals surface area contributed by atoms with E-state index in [0.717, 1.165) is 23.4 Å². The van der Waals surface area contributed by atoms with Gasteiger partial charge < -0.3 is 19.6 Å². The van der Waals surface area contributed by atoms with Crippen LogP contribution in [0.1, 0.15) is 31.5 Å². The Morgan fingerprint density at radius 3 is 2.76 bits per heavy atom. The Morgan fingerprint density at radius 2 is 2.00 bits per heavy atom. The van der Waals surface area contributed by atoms with Gasteiger partial charge in [-0.05, 0) is 43.7 Å². The molecule has 0 spiro atoms. The molecule has 2 N–H and O–H groups in total. The first-order valence-electron chi connectivity index (χ1n) is 11.0. The van der Waals surface area contributed by atoms with Crippen molar-refractivity contribution in [1.82, 2.24) is 9.97 Å². The van der Waals surface area contributed by atoms with E-state index in [1.807, 2.05) is 56.3 Å². The van der Waals surface area contributed by atoms with E-state index in [2.05, 4.69) is 27.1 Å². The average molecular weight is 446 g/mol. The van der Waals surface area contributed by atoms with Crippen LogP contribution in [-0.2, 0) is 17.6 Å². The molecule has 1 aromatic heterocycles. The topological polar surface area (TPSA) is 96.8 Å². The highest BCUT2D eigenvalue weighted by Crippen LogP contribution is 2.35. The molecule has 170 valence electrons. The van der Waals surface area contributed by atoms with Gasteiger partial charge in [-0.3, -0.25) is 4.79 Å². The zero-order valence-electron chi connectivity index (χ0n) is 18.7. The first-order valence-corrected chi connectivity index (χ1v) is 11.0. The van der Waals surface area contributed by atoms with E-state index in [1.54, 1.807) is 6.08 Å². The molecule has 1 aliphatic rings. The number of benzene rings is 2. The van der Waals surface area contributed by atoms with Crippen molar-refractivity contribution < 1.29 is 19.4 Å². The number of aromatic nitrogens is 2. The lowest BCUT2D eigenvalue weighted by Gasteiger charge is -2.15. The Hall–Kier alpha value is -3.87. The first-order chi connectivity index (χ1) is 16.0. The quantitative estimate of drug-likeness (QED) is 0.475. The van der Waals surface area contributed by atoms with Gasteiger partial charge in [-0.2, -0.15) is 0 Å². The Bertz CT molecular complexity index is 1180. The SMILES string of the molecule is CC(C)Oc1ccc(OCCc2ccccc2)cc1-c1nc2c([nH]1)CC=CC(CC(=O)O)=N2. The molecule has 2 aromatic carbocycles.